The molecule has 0 saturated heterocycles. The van der Waals surface area contributed by atoms with Crippen LogP contribution in [0.4, 0.5) is 0 Å². The molecule has 1 aromatic carbocycles. The van der Waals surface area contributed by atoms with Crippen molar-refractivity contribution in [1.82, 2.24) is 4.98 Å². The summed E-state index contributed by atoms with van der Waals surface area (Å²) in [6.45, 7) is 1.88. The van der Waals surface area contributed by atoms with Crippen molar-refractivity contribution < 1.29 is 8.42 Å². The molecule has 0 aliphatic heterocycles. The Morgan fingerprint density at radius 1 is 1.38 bits per heavy atom. The molecule has 0 radical (unpaired) electrons. The molecule has 0 N–H and O–H groups in total. The van der Waals surface area contributed by atoms with Crippen molar-refractivity contribution in [3.05, 3.63) is 33.5 Å². The number of hydrogen-bond donors (Lipinski definition) is 0. The maximum Gasteiger partial charge on any atom is 0.261 e. The van der Waals surface area contributed by atoms with Crippen LogP contribution in [0.2, 0.25) is 0 Å². The first-order valence-electron chi connectivity index (χ1n) is 4.39. The van der Waals surface area contributed by atoms with Crippen molar-refractivity contribution in [3.8, 4) is 0 Å². The van der Waals surface area contributed by atoms with Gasteiger partial charge in [-0.15, -0.1) is 0 Å². The van der Waals surface area contributed by atoms with E-state index >= 15 is 0 Å². The lowest BCUT2D eigenvalue weighted by molar-refractivity contribution is 0.610. The molecule has 6 heteroatoms. The van der Waals surface area contributed by atoms with Crippen molar-refractivity contribution in [2.24, 2.45) is 0 Å². The summed E-state index contributed by atoms with van der Waals surface area (Å²) in [5, 5.41) is 0.571. The van der Waals surface area contributed by atoms with Crippen LogP contribution in [0, 0.1) is 10.5 Å². The highest BCUT2D eigenvalue weighted by molar-refractivity contribution is 14.1. The highest BCUT2D eigenvalue weighted by atomic mass is 127. The second-order valence-corrected chi connectivity index (χ2v) is 7.15. The molecule has 0 amide bonds. The van der Waals surface area contributed by atoms with Gasteiger partial charge in [0.25, 0.3) is 9.05 Å². The van der Waals surface area contributed by atoms with Gasteiger partial charge in [0, 0.05) is 25.8 Å². The van der Waals surface area contributed by atoms with Crippen LogP contribution in [0.5, 0.6) is 0 Å². The Balaban J connectivity index is 2.98. The van der Waals surface area contributed by atoms with Gasteiger partial charge in [0.15, 0.2) is 0 Å². The summed E-state index contributed by atoms with van der Waals surface area (Å²) >= 11 is 2.08. The normalized spacial score (nSPS) is 11.9. The van der Waals surface area contributed by atoms with E-state index in [0.717, 1.165) is 9.13 Å². The Kier molecular flexibility index (Phi) is 3.11. The summed E-state index contributed by atoms with van der Waals surface area (Å²) in [6, 6.07) is 4.99. The monoisotopic (exact) mass is 367 g/mol. The van der Waals surface area contributed by atoms with Gasteiger partial charge in [0.05, 0.1) is 10.4 Å². The van der Waals surface area contributed by atoms with Crippen molar-refractivity contribution in [3.63, 3.8) is 0 Å². The average Bonchev–Trinajstić information content (AvgIpc) is 2.15. The first kappa shape index (κ1) is 12.1. The van der Waals surface area contributed by atoms with Gasteiger partial charge in [-0.3, -0.25) is 4.98 Å². The number of aromatic nitrogens is 1. The van der Waals surface area contributed by atoms with Crippen LogP contribution in [0.15, 0.2) is 29.3 Å². The molecule has 84 valence electrons. The number of rotatable bonds is 1. The number of nitrogens with zero attached hydrogens (tertiary/aromatic N) is 1. The number of pyridine rings is 1. The number of fused-ring (bicyclic) bond motifs is 1. The topological polar surface area (TPSA) is 47.0 Å². The van der Waals surface area contributed by atoms with Crippen LogP contribution in [-0.4, -0.2) is 13.4 Å². The van der Waals surface area contributed by atoms with E-state index in [9.17, 15) is 8.42 Å². The van der Waals surface area contributed by atoms with E-state index in [1.807, 2.05) is 6.92 Å². The van der Waals surface area contributed by atoms with E-state index in [2.05, 4.69) is 27.6 Å². The van der Waals surface area contributed by atoms with Gasteiger partial charge in [-0.1, -0.05) is 6.07 Å². The minimum atomic E-state index is -3.73. The molecule has 0 atom stereocenters. The Bertz CT molecular complexity index is 670. The lowest BCUT2D eigenvalue weighted by Gasteiger charge is -2.05. The summed E-state index contributed by atoms with van der Waals surface area (Å²) in [5.41, 5.74) is 1.60. The third kappa shape index (κ3) is 2.16. The maximum absolute atomic E-state index is 11.4. The van der Waals surface area contributed by atoms with Crippen LogP contribution in [0.1, 0.15) is 5.56 Å². The van der Waals surface area contributed by atoms with Gasteiger partial charge in [-0.25, -0.2) is 8.42 Å². The molecule has 2 rings (SSSR count). The predicted octanol–water partition coefficient (Wildman–Crippen LogP) is 3.08. The van der Waals surface area contributed by atoms with E-state index in [-0.39, 0.29) is 4.90 Å². The number of hydrogen-bond acceptors (Lipinski definition) is 3. The van der Waals surface area contributed by atoms with Crippen LogP contribution in [0.3, 0.4) is 0 Å². The lowest BCUT2D eigenvalue weighted by atomic mass is 10.1. The van der Waals surface area contributed by atoms with Crippen molar-refractivity contribution >= 4 is 53.2 Å². The minimum absolute atomic E-state index is 0.112. The molecule has 2 aromatic rings. The fraction of sp³-hybridized carbons (Fsp3) is 0.100. The second kappa shape index (κ2) is 4.12. The molecule has 0 spiro atoms. The molecule has 0 bridgehead atoms. The zero-order chi connectivity index (χ0) is 11.9. The fourth-order valence-corrected chi connectivity index (χ4v) is 3.03. The molecule has 16 heavy (non-hydrogen) atoms. The highest BCUT2D eigenvalue weighted by Crippen LogP contribution is 2.27. The van der Waals surface area contributed by atoms with Crippen molar-refractivity contribution in [1.29, 1.82) is 0 Å². The molecule has 0 unspecified atom stereocenters. The smallest absolute Gasteiger partial charge is 0.255 e. The molecule has 0 aliphatic carbocycles. The summed E-state index contributed by atoms with van der Waals surface area (Å²) < 4.78 is 23.7. The molecular formula is C10H7ClINO2S. The second-order valence-electron chi connectivity index (χ2n) is 3.37. The van der Waals surface area contributed by atoms with E-state index in [1.54, 1.807) is 18.3 Å². The predicted molar refractivity (Wildman–Crippen MR) is 72.2 cm³/mol. The molecule has 0 fully saturated rings. The zero-order valence-corrected chi connectivity index (χ0v) is 12.0. The summed E-state index contributed by atoms with van der Waals surface area (Å²) in [4.78, 5) is 4.34. The average molecular weight is 368 g/mol. The van der Waals surface area contributed by atoms with Gasteiger partial charge >= 0.3 is 0 Å². The van der Waals surface area contributed by atoms with Gasteiger partial charge in [-0.05, 0) is 47.2 Å². The van der Waals surface area contributed by atoms with Gasteiger partial charge < -0.3 is 0 Å². The largest absolute Gasteiger partial charge is 0.261 e. The third-order valence-electron chi connectivity index (χ3n) is 2.24. The Morgan fingerprint density at radius 2 is 2.06 bits per heavy atom. The van der Waals surface area contributed by atoms with Gasteiger partial charge in [0.2, 0.25) is 0 Å². The summed E-state index contributed by atoms with van der Waals surface area (Å²) in [5.74, 6) is 0. The molecule has 0 aliphatic rings. The first-order chi connectivity index (χ1) is 7.39. The highest BCUT2D eigenvalue weighted by Gasteiger charge is 2.15. The lowest BCUT2D eigenvalue weighted by Crippen LogP contribution is -1.95. The van der Waals surface area contributed by atoms with Crippen LogP contribution in [-0.2, 0) is 9.05 Å². The van der Waals surface area contributed by atoms with Crippen molar-refractivity contribution in [2.75, 3.05) is 0 Å². The Morgan fingerprint density at radius 3 is 2.69 bits per heavy atom. The van der Waals surface area contributed by atoms with Crippen molar-refractivity contribution in [2.45, 2.75) is 11.8 Å². The summed E-state index contributed by atoms with van der Waals surface area (Å²) in [7, 11) is 1.65. The van der Waals surface area contributed by atoms with Crippen LogP contribution < -0.4 is 0 Å². The molecule has 0 saturated carbocycles. The number of benzene rings is 1. The number of halogens is 2. The van der Waals surface area contributed by atoms with Gasteiger partial charge in [0.1, 0.15) is 0 Å². The number of aryl methyl sites for hydroxylation is 1. The molecular weight excluding hydrogens is 361 g/mol. The molecule has 3 nitrogen and oxygen atoms in total. The Hall–Kier alpha value is -0.400. The van der Waals surface area contributed by atoms with E-state index < -0.39 is 9.05 Å². The standard InChI is InChI=1S/C10H7ClINO2S/c1-6-2-3-9(16(11,14)15)8-4-7(12)5-13-10(6)8/h2-5H,1H3. The molecule has 1 heterocycles. The van der Waals surface area contributed by atoms with E-state index in [4.69, 9.17) is 10.7 Å². The summed E-state index contributed by atoms with van der Waals surface area (Å²) in [6.07, 6.45) is 1.69. The third-order valence-corrected chi connectivity index (χ3v) is 4.21. The van der Waals surface area contributed by atoms with E-state index in [1.165, 1.54) is 6.07 Å². The SMILES string of the molecule is Cc1ccc(S(=O)(=O)Cl)c2cc(I)cnc12. The van der Waals surface area contributed by atoms with Crippen LogP contribution in [0.25, 0.3) is 10.9 Å². The Labute approximate surface area is 111 Å². The fourth-order valence-electron chi connectivity index (χ4n) is 1.52. The molecule has 1 aromatic heterocycles. The zero-order valence-electron chi connectivity index (χ0n) is 8.24. The first-order valence-corrected chi connectivity index (χ1v) is 7.78. The van der Waals surface area contributed by atoms with E-state index in [0.29, 0.717) is 10.9 Å². The maximum atomic E-state index is 11.4. The van der Waals surface area contributed by atoms with Crippen LogP contribution >= 0.6 is 33.3 Å². The minimum Gasteiger partial charge on any atom is -0.255 e. The quantitative estimate of drug-likeness (QED) is 0.575. The van der Waals surface area contributed by atoms with Gasteiger partial charge in [-0.2, -0.15) is 0 Å².